The highest BCUT2D eigenvalue weighted by molar-refractivity contribution is 6.30. The number of fused-ring (bicyclic) bond motifs is 1. The first-order valence-corrected chi connectivity index (χ1v) is 7.92. The number of rotatable bonds is 4. The van der Waals surface area contributed by atoms with E-state index in [1.807, 2.05) is 16.7 Å². The van der Waals surface area contributed by atoms with E-state index < -0.39 is 0 Å². The standard InChI is InChI=1S/C16H18ClN3O3/c1-22-16(21)11-2-7-14-18-19-15(20(14)9-8-11)10-23-13-5-3-12(17)4-6-13/h3-6,11H,2,7-10H2,1H3. The third-order valence-electron chi connectivity index (χ3n) is 4.04. The molecule has 0 fully saturated rings. The van der Waals surface area contributed by atoms with Crippen molar-refractivity contribution >= 4 is 17.6 Å². The average molecular weight is 336 g/mol. The largest absolute Gasteiger partial charge is 0.486 e. The zero-order chi connectivity index (χ0) is 16.2. The smallest absolute Gasteiger partial charge is 0.308 e. The molecule has 3 rings (SSSR count). The summed E-state index contributed by atoms with van der Waals surface area (Å²) in [6, 6.07) is 7.19. The van der Waals surface area contributed by atoms with Crippen LogP contribution < -0.4 is 4.74 Å². The highest BCUT2D eigenvalue weighted by atomic mass is 35.5. The minimum atomic E-state index is -0.150. The van der Waals surface area contributed by atoms with Gasteiger partial charge >= 0.3 is 5.97 Å². The van der Waals surface area contributed by atoms with E-state index in [9.17, 15) is 4.79 Å². The number of nitrogens with zero attached hydrogens (tertiary/aromatic N) is 3. The maximum atomic E-state index is 11.7. The number of benzene rings is 1. The first kappa shape index (κ1) is 15.8. The number of carbonyl (C=O) groups excluding carboxylic acids is 1. The summed E-state index contributed by atoms with van der Waals surface area (Å²) < 4.78 is 12.6. The van der Waals surface area contributed by atoms with E-state index >= 15 is 0 Å². The molecule has 23 heavy (non-hydrogen) atoms. The van der Waals surface area contributed by atoms with Gasteiger partial charge in [-0.25, -0.2) is 0 Å². The molecule has 2 aromatic rings. The molecule has 0 aliphatic carbocycles. The van der Waals surface area contributed by atoms with E-state index in [1.54, 1.807) is 12.1 Å². The van der Waals surface area contributed by atoms with Gasteiger partial charge in [-0.1, -0.05) is 11.6 Å². The Morgan fingerprint density at radius 2 is 2.09 bits per heavy atom. The van der Waals surface area contributed by atoms with Crippen LogP contribution in [-0.4, -0.2) is 27.8 Å². The molecular formula is C16H18ClN3O3. The van der Waals surface area contributed by atoms with Crippen molar-refractivity contribution in [2.45, 2.75) is 32.4 Å². The van der Waals surface area contributed by atoms with Crippen LogP contribution in [-0.2, 0) is 29.1 Å². The number of ether oxygens (including phenoxy) is 2. The molecule has 0 N–H and O–H groups in total. The molecule has 1 aromatic carbocycles. The van der Waals surface area contributed by atoms with Crippen LogP contribution in [0.1, 0.15) is 24.5 Å². The second kappa shape index (κ2) is 7.00. The number of hydrogen-bond acceptors (Lipinski definition) is 5. The molecule has 1 unspecified atom stereocenters. The summed E-state index contributed by atoms with van der Waals surface area (Å²) in [6.07, 6.45) is 2.18. The Kier molecular flexibility index (Phi) is 4.81. The maximum Gasteiger partial charge on any atom is 0.308 e. The van der Waals surface area contributed by atoms with Gasteiger partial charge in [-0.15, -0.1) is 10.2 Å². The van der Waals surface area contributed by atoms with Crippen LogP contribution in [0.5, 0.6) is 5.75 Å². The summed E-state index contributed by atoms with van der Waals surface area (Å²) in [7, 11) is 1.43. The fraction of sp³-hybridized carbons (Fsp3) is 0.438. The predicted octanol–water partition coefficient (Wildman–Crippen LogP) is 2.64. The Balaban J connectivity index is 1.66. The van der Waals surface area contributed by atoms with Crippen LogP contribution in [0, 0.1) is 5.92 Å². The molecule has 122 valence electrons. The third-order valence-corrected chi connectivity index (χ3v) is 4.29. The molecule has 6 nitrogen and oxygen atoms in total. The Hall–Kier alpha value is -2.08. The molecule has 0 amide bonds. The summed E-state index contributed by atoms with van der Waals surface area (Å²) in [5.41, 5.74) is 0. The average Bonchev–Trinajstić information content (AvgIpc) is 2.83. The fourth-order valence-corrected chi connectivity index (χ4v) is 2.86. The number of esters is 1. The summed E-state index contributed by atoms with van der Waals surface area (Å²) in [6.45, 7) is 1.03. The van der Waals surface area contributed by atoms with E-state index in [1.165, 1.54) is 7.11 Å². The summed E-state index contributed by atoms with van der Waals surface area (Å²) in [4.78, 5) is 11.7. The third kappa shape index (κ3) is 3.64. The first-order chi connectivity index (χ1) is 11.2. The van der Waals surface area contributed by atoms with Gasteiger partial charge in [0, 0.05) is 18.0 Å². The lowest BCUT2D eigenvalue weighted by molar-refractivity contribution is -0.145. The highest BCUT2D eigenvalue weighted by Crippen LogP contribution is 2.22. The Morgan fingerprint density at radius 3 is 2.83 bits per heavy atom. The molecule has 0 radical (unpaired) electrons. The lowest BCUT2D eigenvalue weighted by atomic mass is 10.0. The van der Waals surface area contributed by atoms with Crippen molar-refractivity contribution in [1.29, 1.82) is 0 Å². The molecule has 7 heteroatoms. The number of carbonyl (C=O) groups is 1. The van der Waals surface area contributed by atoms with Crippen LogP contribution in [0.4, 0.5) is 0 Å². The molecule has 0 spiro atoms. The molecule has 1 aliphatic rings. The van der Waals surface area contributed by atoms with Gasteiger partial charge in [0.25, 0.3) is 0 Å². The van der Waals surface area contributed by atoms with Crippen LogP contribution >= 0.6 is 11.6 Å². The van der Waals surface area contributed by atoms with Crippen LogP contribution in [0.3, 0.4) is 0 Å². The number of aryl methyl sites for hydroxylation is 1. The molecule has 1 atom stereocenters. The lowest BCUT2D eigenvalue weighted by Gasteiger charge is -2.11. The second-order valence-corrected chi connectivity index (χ2v) is 5.91. The van der Waals surface area contributed by atoms with Crippen molar-refractivity contribution in [3.05, 3.63) is 40.9 Å². The van der Waals surface area contributed by atoms with Gasteiger partial charge in [0.15, 0.2) is 5.82 Å². The number of hydrogen-bond donors (Lipinski definition) is 0. The lowest BCUT2D eigenvalue weighted by Crippen LogP contribution is -2.17. The Labute approximate surface area is 139 Å². The summed E-state index contributed by atoms with van der Waals surface area (Å²) >= 11 is 5.86. The van der Waals surface area contributed by atoms with Gasteiger partial charge in [0.2, 0.25) is 0 Å². The molecule has 1 aromatic heterocycles. The normalized spacial score (nSPS) is 17.2. The molecular weight excluding hydrogens is 318 g/mol. The van der Waals surface area contributed by atoms with Gasteiger partial charge in [0.1, 0.15) is 18.2 Å². The minimum absolute atomic E-state index is 0.0771. The fourth-order valence-electron chi connectivity index (χ4n) is 2.74. The topological polar surface area (TPSA) is 66.2 Å². The van der Waals surface area contributed by atoms with Crippen LogP contribution in [0.2, 0.25) is 5.02 Å². The van der Waals surface area contributed by atoms with Gasteiger partial charge in [-0.2, -0.15) is 0 Å². The monoisotopic (exact) mass is 335 g/mol. The first-order valence-electron chi connectivity index (χ1n) is 7.54. The molecule has 0 saturated heterocycles. The van der Waals surface area contributed by atoms with Gasteiger partial charge in [0.05, 0.1) is 13.0 Å². The quantitative estimate of drug-likeness (QED) is 0.804. The van der Waals surface area contributed by atoms with Crippen molar-refractivity contribution in [2.24, 2.45) is 5.92 Å². The number of methoxy groups -OCH3 is 1. The highest BCUT2D eigenvalue weighted by Gasteiger charge is 2.25. The zero-order valence-corrected chi connectivity index (χ0v) is 13.6. The van der Waals surface area contributed by atoms with E-state index in [2.05, 4.69) is 10.2 Å². The second-order valence-electron chi connectivity index (χ2n) is 5.47. The van der Waals surface area contributed by atoms with Crippen molar-refractivity contribution in [2.75, 3.05) is 7.11 Å². The Bertz CT molecular complexity index is 684. The van der Waals surface area contributed by atoms with Crippen molar-refractivity contribution in [3.63, 3.8) is 0 Å². The van der Waals surface area contributed by atoms with Crippen molar-refractivity contribution in [1.82, 2.24) is 14.8 Å². The summed E-state index contributed by atoms with van der Waals surface area (Å²) in [5.74, 6) is 2.16. The predicted molar refractivity (Wildman–Crippen MR) is 84.3 cm³/mol. The molecule has 2 heterocycles. The minimum Gasteiger partial charge on any atom is -0.486 e. The van der Waals surface area contributed by atoms with Gasteiger partial charge in [-0.05, 0) is 37.1 Å². The number of halogens is 1. The summed E-state index contributed by atoms with van der Waals surface area (Å²) in [5, 5.41) is 9.10. The van der Waals surface area contributed by atoms with E-state index in [4.69, 9.17) is 21.1 Å². The van der Waals surface area contributed by atoms with E-state index in [0.717, 1.165) is 30.2 Å². The van der Waals surface area contributed by atoms with Crippen LogP contribution in [0.15, 0.2) is 24.3 Å². The van der Waals surface area contributed by atoms with Crippen molar-refractivity contribution in [3.8, 4) is 5.75 Å². The van der Waals surface area contributed by atoms with E-state index in [-0.39, 0.29) is 11.9 Å². The van der Waals surface area contributed by atoms with E-state index in [0.29, 0.717) is 24.6 Å². The Morgan fingerprint density at radius 1 is 1.30 bits per heavy atom. The van der Waals surface area contributed by atoms with Crippen LogP contribution in [0.25, 0.3) is 0 Å². The van der Waals surface area contributed by atoms with Gasteiger partial charge < -0.3 is 14.0 Å². The molecule has 0 saturated carbocycles. The number of aromatic nitrogens is 3. The van der Waals surface area contributed by atoms with Crippen molar-refractivity contribution < 1.29 is 14.3 Å². The zero-order valence-electron chi connectivity index (χ0n) is 12.9. The van der Waals surface area contributed by atoms with Gasteiger partial charge in [-0.3, -0.25) is 4.79 Å². The SMILES string of the molecule is COC(=O)C1CCc2nnc(COc3ccc(Cl)cc3)n2CC1. The maximum absolute atomic E-state index is 11.7. The molecule has 1 aliphatic heterocycles. The molecule has 0 bridgehead atoms.